The van der Waals surface area contributed by atoms with Gasteiger partial charge in [0, 0.05) is 7.11 Å². The summed E-state index contributed by atoms with van der Waals surface area (Å²) in [5.74, 6) is -0.457. The van der Waals surface area contributed by atoms with Crippen LogP contribution in [0, 0.1) is 0 Å². The number of rotatable bonds is 4. The van der Waals surface area contributed by atoms with E-state index in [2.05, 4.69) is 27.1 Å². The van der Waals surface area contributed by atoms with Crippen LogP contribution in [0.5, 0.6) is 0 Å². The minimum absolute atomic E-state index is 0.159. The minimum atomic E-state index is -0.671. The van der Waals surface area contributed by atoms with Gasteiger partial charge in [0.15, 0.2) is 6.10 Å². The van der Waals surface area contributed by atoms with Crippen molar-refractivity contribution < 1.29 is 14.3 Å². The van der Waals surface area contributed by atoms with Crippen LogP contribution in [0.1, 0.15) is 0 Å². The predicted molar refractivity (Wildman–Crippen MR) is 42.7 cm³/mol. The quantitative estimate of drug-likeness (QED) is 0.350. The Hall–Kier alpha value is -0.770. The van der Waals surface area contributed by atoms with Crippen molar-refractivity contribution in [3.8, 4) is 0 Å². The lowest BCUT2D eigenvalue weighted by atomic mass is 10.4. The third kappa shape index (κ3) is 3.83. The third-order valence-corrected chi connectivity index (χ3v) is 1.20. The van der Waals surface area contributed by atoms with Gasteiger partial charge in [0.25, 0.3) is 0 Å². The van der Waals surface area contributed by atoms with Crippen LogP contribution in [0.2, 0.25) is 0 Å². The highest BCUT2D eigenvalue weighted by Gasteiger charge is 2.16. The molecule has 0 radical (unpaired) electrons. The first kappa shape index (κ1) is 10.2. The Kier molecular flexibility index (Phi) is 5.56. The van der Waals surface area contributed by atoms with E-state index >= 15 is 0 Å². The van der Waals surface area contributed by atoms with Crippen molar-refractivity contribution in [1.29, 1.82) is 0 Å². The Balaban J connectivity index is 3.94. The Morgan fingerprint density at radius 2 is 2.36 bits per heavy atom. The monoisotopic (exact) mass is 175 g/mol. The second-order valence-corrected chi connectivity index (χ2v) is 1.86. The van der Waals surface area contributed by atoms with Gasteiger partial charge in [-0.3, -0.25) is 0 Å². The van der Waals surface area contributed by atoms with Crippen LogP contribution >= 0.6 is 12.2 Å². The standard InChI is InChI=1S/C6H9NO3S/c1-9-5(3-7-4-11)6(8)10-2/h5H,3H2,1-2H3/t5-/m0/s1. The Labute approximate surface area is 70.2 Å². The highest BCUT2D eigenvalue weighted by molar-refractivity contribution is 7.78. The highest BCUT2D eigenvalue weighted by atomic mass is 32.1. The van der Waals surface area contributed by atoms with Crippen molar-refractivity contribution in [3.05, 3.63) is 0 Å². The van der Waals surface area contributed by atoms with Gasteiger partial charge in [0.1, 0.15) is 0 Å². The highest BCUT2D eigenvalue weighted by Crippen LogP contribution is 1.93. The first-order valence-electron chi connectivity index (χ1n) is 2.90. The summed E-state index contributed by atoms with van der Waals surface area (Å²) in [7, 11) is 2.69. The molecule has 0 amide bonds. The van der Waals surface area contributed by atoms with Gasteiger partial charge < -0.3 is 9.47 Å². The number of carbonyl (C=O) groups excluding carboxylic acids is 1. The van der Waals surface area contributed by atoms with Crippen LogP contribution in [-0.4, -0.2) is 38.0 Å². The van der Waals surface area contributed by atoms with Gasteiger partial charge in [-0.25, -0.2) is 9.79 Å². The van der Waals surface area contributed by atoms with E-state index < -0.39 is 12.1 Å². The molecular weight excluding hydrogens is 166 g/mol. The number of thiocarbonyl (C=S) groups is 1. The van der Waals surface area contributed by atoms with Gasteiger partial charge in [-0.2, -0.15) is 0 Å². The molecule has 0 aliphatic carbocycles. The molecule has 11 heavy (non-hydrogen) atoms. The molecule has 0 N–H and O–H groups in total. The molecule has 0 aromatic rings. The normalized spacial score (nSPS) is 11.5. The lowest BCUT2D eigenvalue weighted by Crippen LogP contribution is -2.27. The van der Waals surface area contributed by atoms with Crippen LogP contribution in [0.15, 0.2) is 4.99 Å². The molecular formula is C6H9NO3S. The minimum Gasteiger partial charge on any atom is -0.467 e. The zero-order valence-electron chi connectivity index (χ0n) is 6.36. The number of hydrogen-bond donors (Lipinski definition) is 0. The van der Waals surface area contributed by atoms with Crippen LogP contribution in [-0.2, 0) is 14.3 Å². The molecule has 0 saturated heterocycles. The summed E-state index contributed by atoms with van der Waals surface area (Å²) < 4.78 is 9.17. The fourth-order valence-corrected chi connectivity index (χ4v) is 0.571. The fourth-order valence-electron chi connectivity index (χ4n) is 0.497. The Morgan fingerprint density at radius 1 is 1.73 bits per heavy atom. The number of ether oxygens (including phenoxy) is 2. The van der Waals surface area contributed by atoms with Crippen LogP contribution in [0.3, 0.4) is 0 Å². The van der Waals surface area contributed by atoms with Crippen molar-refractivity contribution in [2.24, 2.45) is 4.99 Å². The summed E-state index contributed by atoms with van der Waals surface area (Å²) in [6.07, 6.45) is -0.671. The van der Waals surface area contributed by atoms with Crippen molar-refractivity contribution in [2.45, 2.75) is 6.10 Å². The van der Waals surface area contributed by atoms with Gasteiger partial charge in [-0.15, -0.1) is 0 Å². The van der Waals surface area contributed by atoms with Crippen LogP contribution in [0.4, 0.5) is 0 Å². The average molecular weight is 175 g/mol. The Morgan fingerprint density at radius 3 is 2.73 bits per heavy atom. The van der Waals surface area contributed by atoms with Gasteiger partial charge in [0.05, 0.1) is 18.8 Å². The molecule has 1 atom stereocenters. The molecule has 5 heteroatoms. The van der Waals surface area contributed by atoms with E-state index in [0.717, 1.165) is 0 Å². The van der Waals surface area contributed by atoms with Crippen molar-refractivity contribution >= 4 is 23.3 Å². The maximum atomic E-state index is 10.8. The fraction of sp³-hybridized carbons (Fsp3) is 0.667. The number of carbonyl (C=O) groups is 1. The molecule has 4 nitrogen and oxygen atoms in total. The van der Waals surface area contributed by atoms with E-state index in [9.17, 15) is 4.79 Å². The number of aliphatic imine (C=N–C) groups is 1. The van der Waals surface area contributed by atoms with E-state index in [1.807, 2.05) is 0 Å². The first-order valence-corrected chi connectivity index (χ1v) is 3.31. The topological polar surface area (TPSA) is 47.9 Å². The van der Waals surface area contributed by atoms with E-state index in [1.165, 1.54) is 14.2 Å². The van der Waals surface area contributed by atoms with Gasteiger partial charge in [-0.1, -0.05) is 0 Å². The van der Waals surface area contributed by atoms with E-state index in [-0.39, 0.29) is 6.54 Å². The van der Waals surface area contributed by atoms with Crippen molar-refractivity contribution in [3.63, 3.8) is 0 Å². The van der Waals surface area contributed by atoms with Gasteiger partial charge in [0.2, 0.25) is 0 Å². The number of isothiocyanates is 1. The van der Waals surface area contributed by atoms with Crippen molar-refractivity contribution in [2.75, 3.05) is 20.8 Å². The molecule has 0 aliphatic heterocycles. The van der Waals surface area contributed by atoms with Gasteiger partial charge in [-0.05, 0) is 12.2 Å². The molecule has 0 unspecified atom stereocenters. The molecule has 0 spiro atoms. The lowest BCUT2D eigenvalue weighted by Gasteiger charge is -2.08. The zero-order chi connectivity index (χ0) is 8.69. The molecule has 0 aliphatic rings. The first-order chi connectivity index (χ1) is 5.26. The second-order valence-electron chi connectivity index (χ2n) is 1.68. The zero-order valence-corrected chi connectivity index (χ0v) is 7.18. The predicted octanol–water partition coefficient (Wildman–Crippen LogP) is 0.277. The van der Waals surface area contributed by atoms with Gasteiger partial charge >= 0.3 is 5.97 Å². The second kappa shape index (κ2) is 5.97. The Bertz CT molecular complexity index is 177. The van der Waals surface area contributed by atoms with Crippen molar-refractivity contribution in [1.82, 2.24) is 0 Å². The largest absolute Gasteiger partial charge is 0.467 e. The lowest BCUT2D eigenvalue weighted by molar-refractivity contribution is -0.151. The number of hydrogen-bond acceptors (Lipinski definition) is 5. The van der Waals surface area contributed by atoms with Crippen LogP contribution in [0.25, 0.3) is 0 Å². The maximum Gasteiger partial charge on any atom is 0.336 e. The number of esters is 1. The maximum absolute atomic E-state index is 10.8. The SMILES string of the molecule is COC(=O)[C@H](CN=C=S)OC. The average Bonchev–Trinajstić information content (AvgIpc) is 2.05. The van der Waals surface area contributed by atoms with E-state index in [1.54, 1.807) is 0 Å². The number of methoxy groups -OCH3 is 2. The molecule has 62 valence electrons. The molecule has 0 aromatic carbocycles. The molecule has 0 aromatic heterocycles. The van der Waals surface area contributed by atoms with E-state index in [0.29, 0.717) is 0 Å². The smallest absolute Gasteiger partial charge is 0.336 e. The number of nitrogens with zero attached hydrogens (tertiary/aromatic N) is 1. The summed E-state index contributed by atoms with van der Waals surface area (Å²) in [5.41, 5.74) is 0. The molecule has 0 heterocycles. The summed E-state index contributed by atoms with van der Waals surface area (Å²) in [6.45, 7) is 0.159. The summed E-state index contributed by atoms with van der Waals surface area (Å²) >= 11 is 4.32. The summed E-state index contributed by atoms with van der Waals surface area (Å²) in [5, 5.41) is 2.13. The van der Waals surface area contributed by atoms with E-state index in [4.69, 9.17) is 4.74 Å². The molecule has 0 bridgehead atoms. The molecule has 0 saturated carbocycles. The molecule has 0 fully saturated rings. The summed E-state index contributed by atoms with van der Waals surface area (Å²) in [6, 6.07) is 0. The molecule has 0 rings (SSSR count). The summed E-state index contributed by atoms with van der Waals surface area (Å²) in [4.78, 5) is 14.3. The van der Waals surface area contributed by atoms with Crippen LogP contribution < -0.4 is 0 Å². The third-order valence-electron chi connectivity index (χ3n) is 1.07.